The van der Waals surface area contributed by atoms with E-state index in [9.17, 15) is 10.1 Å². The summed E-state index contributed by atoms with van der Waals surface area (Å²) in [5.74, 6) is 0. The Morgan fingerprint density at radius 2 is 2.33 bits per heavy atom. The average Bonchev–Trinajstić information content (AvgIpc) is 2.72. The Labute approximate surface area is 86.3 Å². The number of nitro groups is 1. The summed E-state index contributed by atoms with van der Waals surface area (Å²) >= 11 is 0. The Morgan fingerprint density at radius 3 is 3.07 bits per heavy atom. The molecule has 2 aliphatic rings. The van der Waals surface area contributed by atoms with Crippen molar-refractivity contribution in [2.75, 3.05) is 0 Å². The van der Waals surface area contributed by atoms with Crippen LogP contribution in [0.25, 0.3) is 0 Å². The predicted molar refractivity (Wildman–Crippen MR) is 53.4 cm³/mol. The third-order valence-corrected chi connectivity index (χ3v) is 3.06. The van der Waals surface area contributed by atoms with Crippen molar-refractivity contribution in [1.82, 2.24) is 0 Å². The first-order valence-electron chi connectivity index (χ1n) is 4.77. The van der Waals surface area contributed by atoms with Gasteiger partial charge in [-0.3, -0.25) is 10.1 Å². The van der Waals surface area contributed by atoms with Crippen LogP contribution in [-0.4, -0.2) is 4.92 Å². The fraction of sp³-hybridized carbons (Fsp3) is 0.273. The molecule has 2 heterocycles. The predicted octanol–water partition coefficient (Wildman–Crippen LogP) is 2.45. The summed E-state index contributed by atoms with van der Waals surface area (Å²) in [6, 6.07) is 5.13. The van der Waals surface area contributed by atoms with E-state index in [1.807, 2.05) is 25.1 Å². The van der Waals surface area contributed by atoms with Gasteiger partial charge >= 0.3 is 0 Å². The largest absolute Gasteiger partial charge is 0.354 e. The van der Waals surface area contributed by atoms with Crippen LogP contribution in [0.3, 0.4) is 0 Å². The van der Waals surface area contributed by atoms with E-state index in [1.165, 1.54) is 6.07 Å². The van der Waals surface area contributed by atoms with Crippen LogP contribution in [0.5, 0.6) is 0 Å². The summed E-state index contributed by atoms with van der Waals surface area (Å²) in [7, 11) is 0. The smallest absolute Gasteiger partial charge is 0.275 e. The minimum absolute atomic E-state index is 0.158. The molecule has 0 aliphatic carbocycles. The lowest BCUT2D eigenvalue weighted by Crippen LogP contribution is -2.14. The molecular weight excluding hydrogens is 194 g/mol. The number of hydrogen-bond acceptors (Lipinski definition) is 3. The number of nitrogens with zero attached hydrogens (tertiary/aromatic N) is 1. The summed E-state index contributed by atoms with van der Waals surface area (Å²) in [6.45, 7) is 1.93. The molecule has 1 aromatic carbocycles. The Morgan fingerprint density at radius 1 is 1.53 bits per heavy atom. The van der Waals surface area contributed by atoms with Crippen molar-refractivity contribution < 1.29 is 9.66 Å². The molecule has 4 heteroatoms. The van der Waals surface area contributed by atoms with Crippen molar-refractivity contribution >= 4 is 5.69 Å². The van der Waals surface area contributed by atoms with E-state index >= 15 is 0 Å². The van der Waals surface area contributed by atoms with E-state index in [4.69, 9.17) is 4.74 Å². The molecule has 2 bridgehead atoms. The van der Waals surface area contributed by atoms with Gasteiger partial charge in [0.15, 0.2) is 0 Å². The van der Waals surface area contributed by atoms with Crippen molar-refractivity contribution in [3.8, 4) is 0 Å². The Bertz CT molecular complexity index is 495. The van der Waals surface area contributed by atoms with Gasteiger partial charge in [-0.15, -0.1) is 0 Å². The molecule has 76 valence electrons. The summed E-state index contributed by atoms with van der Waals surface area (Å²) in [5.41, 5.74) is 1.33. The molecule has 2 aliphatic heterocycles. The lowest BCUT2D eigenvalue weighted by atomic mass is 9.88. The lowest BCUT2D eigenvalue weighted by Gasteiger charge is -2.17. The zero-order valence-electron chi connectivity index (χ0n) is 8.14. The number of nitro benzene ring substituents is 1. The molecule has 4 nitrogen and oxygen atoms in total. The van der Waals surface area contributed by atoms with Crippen LogP contribution in [0.1, 0.15) is 24.2 Å². The maximum atomic E-state index is 10.9. The number of fused-ring (bicyclic) bond motifs is 5. The van der Waals surface area contributed by atoms with Crippen molar-refractivity contribution in [3.05, 3.63) is 51.6 Å². The van der Waals surface area contributed by atoms with Gasteiger partial charge < -0.3 is 4.74 Å². The minimum atomic E-state index is -0.466. The first kappa shape index (κ1) is 8.61. The molecule has 3 rings (SSSR count). The molecule has 0 amide bonds. The molecule has 0 aromatic heterocycles. The molecule has 1 aromatic rings. The number of benzene rings is 1. The monoisotopic (exact) mass is 203 g/mol. The quantitative estimate of drug-likeness (QED) is 0.400. The molecule has 0 N–H and O–H groups in total. The number of rotatable bonds is 1. The summed E-state index contributed by atoms with van der Waals surface area (Å²) in [5, 5.41) is 10.9. The van der Waals surface area contributed by atoms with Gasteiger partial charge in [-0.1, -0.05) is 18.2 Å². The van der Waals surface area contributed by atoms with E-state index in [2.05, 4.69) is 0 Å². The SMILES string of the molecule is CC12C=CC(O1)c1c([N+](=O)[O-])cccc12. The highest BCUT2D eigenvalue weighted by Gasteiger charge is 2.46. The van der Waals surface area contributed by atoms with Crippen LogP contribution in [0.2, 0.25) is 0 Å². The number of ether oxygens (including phenoxy) is 1. The highest BCUT2D eigenvalue weighted by molar-refractivity contribution is 5.56. The maximum absolute atomic E-state index is 10.9. The Hall–Kier alpha value is -1.68. The summed E-state index contributed by atoms with van der Waals surface area (Å²) in [6.07, 6.45) is 3.60. The standard InChI is InChI=1S/C11H9NO3/c1-11-6-5-9(15-11)10-7(11)3-2-4-8(10)12(13)14/h2-6,9H,1H3. The maximum Gasteiger partial charge on any atom is 0.275 e. The van der Waals surface area contributed by atoms with Gasteiger partial charge in [0, 0.05) is 11.6 Å². The third-order valence-electron chi connectivity index (χ3n) is 3.06. The van der Waals surface area contributed by atoms with Gasteiger partial charge in [0.25, 0.3) is 5.69 Å². The molecule has 0 fully saturated rings. The van der Waals surface area contributed by atoms with E-state index in [-0.39, 0.29) is 16.7 Å². The molecule has 0 radical (unpaired) electrons. The van der Waals surface area contributed by atoms with Gasteiger partial charge in [-0.2, -0.15) is 0 Å². The zero-order chi connectivity index (χ0) is 10.6. The molecule has 0 saturated carbocycles. The summed E-state index contributed by atoms with van der Waals surface area (Å²) < 4.78 is 5.71. The zero-order valence-corrected chi connectivity index (χ0v) is 8.14. The molecule has 0 saturated heterocycles. The first-order valence-corrected chi connectivity index (χ1v) is 4.77. The highest BCUT2D eigenvalue weighted by atomic mass is 16.6. The molecule has 2 unspecified atom stereocenters. The van der Waals surface area contributed by atoms with Crippen LogP contribution >= 0.6 is 0 Å². The lowest BCUT2D eigenvalue weighted by molar-refractivity contribution is -0.385. The molecule has 15 heavy (non-hydrogen) atoms. The highest BCUT2D eigenvalue weighted by Crippen LogP contribution is 2.52. The molecular formula is C11H9NO3. The van der Waals surface area contributed by atoms with Gasteiger partial charge in [-0.05, 0) is 13.0 Å². The molecule has 0 spiro atoms. The van der Waals surface area contributed by atoms with Gasteiger partial charge in [0.05, 0.1) is 10.5 Å². The molecule has 2 atom stereocenters. The van der Waals surface area contributed by atoms with E-state index in [0.717, 1.165) is 5.56 Å². The number of hydrogen-bond donors (Lipinski definition) is 0. The second-order valence-corrected chi connectivity index (χ2v) is 4.00. The van der Waals surface area contributed by atoms with E-state index in [1.54, 1.807) is 6.07 Å². The third kappa shape index (κ3) is 0.942. The minimum Gasteiger partial charge on any atom is -0.354 e. The van der Waals surface area contributed by atoms with Gasteiger partial charge in [0.2, 0.25) is 0 Å². The van der Waals surface area contributed by atoms with Crippen LogP contribution < -0.4 is 0 Å². The van der Waals surface area contributed by atoms with Crippen molar-refractivity contribution in [2.24, 2.45) is 0 Å². The van der Waals surface area contributed by atoms with Crippen LogP contribution in [-0.2, 0) is 10.3 Å². The van der Waals surface area contributed by atoms with E-state index in [0.29, 0.717) is 5.56 Å². The van der Waals surface area contributed by atoms with Gasteiger partial charge in [-0.25, -0.2) is 0 Å². The van der Waals surface area contributed by atoms with E-state index < -0.39 is 5.60 Å². The van der Waals surface area contributed by atoms with Crippen LogP contribution in [0.4, 0.5) is 5.69 Å². The second kappa shape index (κ2) is 2.46. The topological polar surface area (TPSA) is 52.4 Å². The van der Waals surface area contributed by atoms with Gasteiger partial charge in [0.1, 0.15) is 11.7 Å². The second-order valence-electron chi connectivity index (χ2n) is 4.00. The van der Waals surface area contributed by atoms with Crippen molar-refractivity contribution in [2.45, 2.75) is 18.6 Å². The van der Waals surface area contributed by atoms with Crippen LogP contribution in [0, 0.1) is 10.1 Å². The van der Waals surface area contributed by atoms with Crippen molar-refractivity contribution in [1.29, 1.82) is 0 Å². The fourth-order valence-corrected chi connectivity index (χ4v) is 2.37. The Balaban J connectivity index is 2.29. The normalized spacial score (nSPS) is 30.6. The first-order chi connectivity index (χ1) is 7.12. The van der Waals surface area contributed by atoms with Crippen LogP contribution in [0.15, 0.2) is 30.4 Å². The fourth-order valence-electron chi connectivity index (χ4n) is 2.37. The summed E-state index contributed by atoms with van der Waals surface area (Å²) in [4.78, 5) is 10.5. The Kier molecular flexibility index (Phi) is 1.41. The average molecular weight is 203 g/mol. The van der Waals surface area contributed by atoms with Crippen molar-refractivity contribution in [3.63, 3.8) is 0 Å².